The van der Waals surface area contributed by atoms with Gasteiger partial charge in [-0.3, -0.25) is 0 Å². The monoisotopic (exact) mass is 684 g/mol. The molecule has 44 heavy (non-hydrogen) atoms. The Morgan fingerprint density at radius 3 is 1.00 bits per heavy atom. The Balaban J connectivity index is 0.000000143. The smallest absolute Gasteiger partial charge is 0.114 e. The predicted octanol–water partition coefficient (Wildman–Crippen LogP) is 12.1. The fraction of sp³-hybridized carbons (Fsp3) is 0.176. The lowest BCUT2D eigenvalue weighted by Crippen LogP contribution is -1.82. The Kier molecular flexibility index (Phi) is 8.07. The zero-order valence-corrected chi connectivity index (χ0v) is 29.9. The van der Waals surface area contributed by atoms with Gasteiger partial charge in [0.1, 0.15) is 22.1 Å². The Morgan fingerprint density at radius 2 is 0.727 bits per heavy atom. The third kappa shape index (κ3) is 5.48. The number of hydrogen-bond acceptors (Lipinski definition) is 10. The quantitative estimate of drug-likeness (QED) is 0.185. The van der Waals surface area contributed by atoms with Crippen LogP contribution >= 0.6 is 68.8 Å². The Bertz CT molecular complexity index is 2080. The Hall–Kier alpha value is -3.12. The molecule has 0 spiro atoms. The van der Waals surface area contributed by atoms with Gasteiger partial charge in [-0.2, -0.15) is 17.5 Å². The van der Waals surface area contributed by atoms with E-state index in [1.807, 2.05) is 22.7 Å². The molecule has 0 fully saturated rings. The first kappa shape index (κ1) is 29.6. The van der Waals surface area contributed by atoms with Gasteiger partial charge in [-0.15, -0.1) is 45.3 Å². The van der Waals surface area contributed by atoms with Gasteiger partial charge in [-0.05, 0) is 89.1 Å². The average Bonchev–Trinajstić information content (AvgIpc) is 3.85. The van der Waals surface area contributed by atoms with Crippen LogP contribution < -0.4 is 0 Å². The van der Waals surface area contributed by atoms with Crippen LogP contribution in [0.15, 0.2) is 60.7 Å². The normalized spacial score (nSPS) is 11.4. The van der Waals surface area contributed by atoms with Crippen molar-refractivity contribution in [2.75, 3.05) is 0 Å². The number of aryl methyl sites for hydroxylation is 6. The van der Waals surface area contributed by atoms with Crippen LogP contribution in [0.3, 0.4) is 0 Å². The highest BCUT2D eigenvalue weighted by atomic mass is 32.1. The highest BCUT2D eigenvalue weighted by molar-refractivity contribution is 7.16. The van der Waals surface area contributed by atoms with Crippen LogP contribution in [0.1, 0.15) is 30.6 Å². The number of thiophene rings is 4. The number of aromatic nitrogens is 4. The second kappa shape index (κ2) is 12.0. The van der Waals surface area contributed by atoms with Crippen LogP contribution in [-0.2, 0) is 0 Å². The summed E-state index contributed by atoms with van der Waals surface area (Å²) in [4.78, 5) is 10.5. The topological polar surface area (TPSA) is 51.6 Å². The van der Waals surface area contributed by atoms with Crippen molar-refractivity contribution in [3.8, 4) is 41.8 Å². The summed E-state index contributed by atoms with van der Waals surface area (Å²) >= 11 is 9.87. The lowest BCUT2D eigenvalue weighted by Gasteiger charge is -2.03. The maximum absolute atomic E-state index is 4.59. The SMILES string of the molecule is Cc1cc(-c2ccc(-c3cc(C)c(C)s3)c3nsnc23)sc1C.Cc1ccc(-c2ccc(-c3ccc(C)s3)c3nsnc23)s1. The van der Waals surface area contributed by atoms with Crippen molar-refractivity contribution in [3.63, 3.8) is 0 Å². The van der Waals surface area contributed by atoms with E-state index in [2.05, 4.69) is 120 Å². The molecule has 0 aliphatic carbocycles. The largest absolute Gasteiger partial charge is 0.172 e. The molecular formula is C34H28N4S6. The van der Waals surface area contributed by atoms with Crippen molar-refractivity contribution >= 4 is 90.9 Å². The van der Waals surface area contributed by atoms with Crippen LogP contribution in [0.5, 0.6) is 0 Å². The van der Waals surface area contributed by atoms with Gasteiger partial charge in [0.25, 0.3) is 0 Å². The highest BCUT2D eigenvalue weighted by Crippen LogP contribution is 2.41. The second-order valence-electron chi connectivity index (χ2n) is 10.8. The molecular weight excluding hydrogens is 657 g/mol. The molecule has 0 atom stereocenters. The molecule has 8 rings (SSSR count). The van der Waals surface area contributed by atoms with Gasteiger partial charge >= 0.3 is 0 Å². The molecule has 0 N–H and O–H groups in total. The van der Waals surface area contributed by atoms with E-state index in [0.717, 1.165) is 22.1 Å². The van der Waals surface area contributed by atoms with Gasteiger partial charge in [0.15, 0.2) is 0 Å². The third-order valence-electron chi connectivity index (χ3n) is 7.71. The minimum Gasteiger partial charge on any atom is -0.172 e. The van der Waals surface area contributed by atoms with Crippen molar-refractivity contribution in [3.05, 3.63) is 91.3 Å². The first-order valence-corrected chi connectivity index (χ1v) is 18.8. The summed E-state index contributed by atoms with van der Waals surface area (Å²) in [5.41, 5.74) is 11.5. The summed E-state index contributed by atoms with van der Waals surface area (Å²) in [5.74, 6) is 0. The number of rotatable bonds is 4. The van der Waals surface area contributed by atoms with Crippen LogP contribution in [0, 0.1) is 41.5 Å². The van der Waals surface area contributed by atoms with E-state index in [-0.39, 0.29) is 0 Å². The molecule has 10 heteroatoms. The molecule has 2 aromatic carbocycles. The lowest BCUT2D eigenvalue weighted by atomic mass is 10.0. The number of nitrogens with zero attached hydrogens (tertiary/aromatic N) is 4. The molecule has 0 radical (unpaired) electrons. The molecule has 4 nitrogen and oxygen atoms in total. The fourth-order valence-electron chi connectivity index (χ4n) is 5.10. The third-order valence-corrected chi connectivity index (χ3v) is 13.2. The summed E-state index contributed by atoms with van der Waals surface area (Å²) in [7, 11) is 0. The molecule has 0 amide bonds. The Morgan fingerprint density at radius 1 is 0.386 bits per heavy atom. The van der Waals surface area contributed by atoms with Crippen molar-refractivity contribution < 1.29 is 0 Å². The standard InChI is InChI=1S/C18H16N2S3.C16H12N2S3/c1-9-7-15(21-11(9)3)13-5-6-14(18-17(13)19-23-20-18)16-8-10(2)12(4)22-16;1-9-3-7-13(19-9)11-5-6-12(14-8-4-10(2)20-14)16-15(11)17-21-18-16/h5-8H,1-4H3;3-8H,1-2H3. The van der Waals surface area contributed by atoms with Crippen LogP contribution in [0.2, 0.25) is 0 Å². The molecule has 220 valence electrons. The molecule has 6 heterocycles. The lowest BCUT2D eigenvalue weighted by molar-refractivity contribution is 1.44. The molecule has 0 aliphatic heterocycles. The van der Waals surface area contributed by atoms with E-state index in [4.69, 9.17) is 0 Å². The summed E-state index contributed by atoms with van der Waals surface area (Å²) in [5, 5.41) is 0. The van der Waals surface area contributed by atoms with Crippen molar-refractivity contribution in [1.82, 2.24) is 17.5 Å². The minimum atomic E-state index is 1.02. The van der Waals surface area contributed by atoms with Crippen LogP contribution in [0.4, 0.5) is 0 Å². The fourth-order valence-corrected chi connectivity index (χ4v) is 10.2. The first-order valence-electron chi connectivity index (χ1n) is 14.1. The van der Waals surface area contributed by atoms with Gasteiger partial charge in [-0.25, -0.2) is 0 Å². The van der Waals surface area contributed by atoms with Crippen LogP contribution in [0.25, 0.3) is 63.8 Å². The van der Waals surface area contributed by atoms with Gasteiger partial charge < -0.3 is 0 Å². The zero-order valence-electron chi connectivity index (χ0n) is 25.0. The molecule has 8 aromatic rings. The maximum atomic E-state index is 4.59. The second-order valence-corrected chi connectivity index (χ2v) is 16.9. The van der Waals surface area contributed by atoms with E-state index < -0.39 is 0 Å². The minimum absolute atomic E-state index is 1.02. The Labute approximate surface area is 281 Å². The van der Waals surface area contributed by atoms with Crippen molar-refractivity contribution in [1.29, 1.82) is 0 Å². The van der Waals surface area contributed by atoms with Crippen LogP contribution in [-0.4, -0.2) is 17.5 Å². The number of fused-ring (bicyclic) bond motifs is 2. The van der Waals surface area contributed by atoms with E-state index in [1.54, 1.807) is 22.7 Å². The predicted molar refractivity (Wildman–Crippen MR) is 197 cm³/mol. The average molecular weight is 685 g/mol. The zero-order chi connectivity index (χ0) is 30.5. The van der Waals surface area contributed by atoms with Gasteiger partial charge in [0, 0.05) is 61.3 Å². The number of benzene rings is 2. The summed E-state index contributed by atoms with van der Waals surface area (Å²) in [6.07, 6.45) is 0. The first-order chi connectivity index (χ1) is 21.3. The number of hydrogen-bond donors (Lipinski definition) is 0. The maximum Gasteiger partial charge on any atom is 0.114 e. The molecule has 0 saturated carbocycles. The van der Waals surface area contributed by atoms with Gasteiger partial charge in [0.2, 0.25) is 0 Å². The van der Waals surface area contributed by atoms with E-state index in [0.29, 0.717) is 0 Å². The van der Waals surface area contributed by atoms with E-state index >= 15 is 0 Å². The highest BCUT2D eigenvalue weighted by Gasteiger charge is 2.17. The molecule has 0 saturated heterocycles. The molecule has 0 unspecified atom stereocenters. The van der Waals surface area contributed by atoms with E-state index in [9.17, 15) is 0 Å². The molecule has 0 aliphatic rings. The van der Waals surface area contributed by atoms with Gasteiger partial charge in [0.05, 0.1) is 23.5 Å². The van der Waals surface area contributed by atoms with Gasteiger partial charge in [-0.1, -0.05) is 24.3 Å². The van der Waals surface area contributed by atoms with Crippen molar-refractivity contribution in [2.24, 2.45) is 0 Å². The summed E-state index contributed by atoms with van der Waals surface area (Å²) < 4.78 is 18.3. The summed E-state index contributed by atoms with van der Waals surface area (Å²) in [6, 6.07) is 21.9. The van der Waals surface area contributed by atoms with E-state index in [1.165, 1.54) is 95.9 Å². The molecule has 6 aromatic heterocycles. The summed E-state index contributed by atoms with van der Waals surface area (Å²) in [6.45, 7) is 12.9. The molecule has 0 bridgehead atoms. The van der Waals surface area contributed by atoms with Crippen molar-refractivity contribution in [2.45, 2.75) is 41.5 Å².